The number of halogens is 2. The van der Waals surface area contributed by atoms with Crippen LogP contribution in [0.3, 0.4) is 0 Å². The Morgan fingerprint density at radius 2 is 1.71 bits per heavy atom. The molecule has 1 aliphatic rings. The predicted molar refractivity (Wildman–Crippen MR) is 139 cm³/mol. The number of hydrogen-bond acceptors (Lipinski definition) is 4. The minimum absolute atomic E-state index is 0.130. The predicted octanol–water partition coefficient (Wildman–Crippen LogP) is 5.83. The number of aromatic nitrogens is 3. The van der Waals surface area contributed by atoms with E-state index in [4.69, 9.17) is 16.6 Å². The van der Waals surface area contributed by atoms with Crippen LogP contribution in [-0.2, 0) is 12.8 Å². The van der Waals surface area contributed by atoms with Crippen molar-refractivity contribution < 1.29 is 4.39 Å². The smallest absolute Gasteiger partial charge is 0.317 e. The molecule has 1 saturated heterocycles. The number of pyridine rings is 1. The zero-order valence-electron chi connectivity index (χ0n) is 19.9. The van der Waals surface area contributed by atoms with Gasteiger partial charge in [-0.1, -0.05) is 55.8 Å². The molecule has 0 unspecified atom stereocenters. The number of para-hydroxylation sites is 1. The van der Waals surface area contributed by atoms with Crippen molar-refractivity contribution in [1.29, 1.82) is 0 Å². The number of aryl methyl sites for hydroxylation is 2. The fourth-order valence-electron chi connectivity index (χ4n) is 5.09. The van der Waals surface area contributed by atoms with Gasteiger partial charge in [-0.25, -0.2) is 18.7 Å². The number of nitrogens with one attached hydrogen (secondary N) is 1. The van der Waals surface area contributed by atoms with Gasteiger partial charge in [0.25, 0.3) is 0 Å². The number of benzene rings is 2. The molecule has 1 N–H and O–H groups in total. The Labute approximate surface area is 209 Å². The average Bonchev–Trinajstić information content (AvgIpc) is 2.89. The van der Waals surface area contributed by atoms with Gasteiger partial charge >= 0.3 is 5.69 Å². The lowest BCUT2D eigenvalue weighted by atomic mass is 9.92. The average molecular weight is 491 g/mol. The molecule has 0 spiro atoms. The van der Waals surface area contributed by atoms with Crippen molar-refractivity contribution in [2.75, 3.05) is 13.1 Å². The lowest BCUT2D eigenvalue weighted by molar-refractivity contribution is 0.454. The summed E-state index contributed by atoms with van der Waals surface area (Å²) in [6.45, 7) is 5.86. The summed E-state index contributed by atoms with van der Waals surface area (Å²) >= 11 is 6.72. The normalized spacial score (nSPS) is 14.5. The summed E-state index contributed by atoms with van der Waals surface area (Å²) in [4.78, 5) is 23.2. The molecule has 0 bridgehead atoms. The molecule has 1 aliphatic heterocycles. The first-order valence-electron chi connectivity index (χ1n) is 12.2. The van der Waals surface area contributed by atoms with Crippen molar-refractivity contribution in [2.24, 2.45) is 0 Å². The lowest BCUT2D eigenvalue weighted by Crippen LogP contribution is -2.31. The monoisotopic (exact) mass is 490 g/mol. The first-order chi connectivity index (χ1) is 17.0. The van der Waals surface area contributed by atoms with E-state index in [0.717, 1.165) is 66.7 Å². The maximum atomic E-state index is 14.8. The van der Waals surface area contributed by atoms with Crippen LogP contribution in [-0.4, -0.2) is 27.6 Å². The molecule has 180 valence electrons. The summed E-state index contributed by atoms with van der Waals surface area (Å²) < 4.78 is 16.4. The highest BCUT2D eigenvalue weighted by Crippen LogP contribution is 2.36. The van der Waals surface area contributed by atoms with Crippen LogP contribution in [0.1, 0.15) is 49.4 Å². The van der Waals surface area contributed by atoms with Gasteiger partial charge in [0.1, 0.15) is 5.82 Å². The molecule has 0 radical (unpaired) electrons. The molecule has 4 aromatic rings. The van der Waals surface area contributed by atoms with E-state index in [1.807, 2.05) is 24.3 Å². The quantitative estimate of drug-likeness (QED) is 0.382. The van der Waals surface area contributed by atoms with Crippen molar-refractivity contribution in [2.45, 2.75) is 45.4 Å². The summed E-state index contributed by atoms with van der Waals surface area (Å²) in [5.74, 6) is -0.281. The van der Waals surface area contributed by atoms with Gasteiger partial charge in [0.05, 0.1) is 22.1 Å². The van der Waals surface area contributed by atoms with Gasteiger partial charge in [-0.2, -0.15) is 4.98 Å². The van der Waals surface area contributed by atoms with Crippen LogP contribution in [0.2, 0.25) is 5.02 Å². The zero-order valence-corrected chi connectivity index (χ0v) is 20.7. The zero-order chi connectivity index (χ0) is 24.5. The molecular formula is C28H28ClFN4O. The van der Waals surface area contributed by atoms with Crippen LogP contribution < -0.4 is 11.0 Å². The minimum atomic E-state index is -0.411. The second-order valence-corrected chi connectivity index (χ2v) is 9.35. The maximum absolute atomic E-state index is 14.8. The number of hydrogen-bond donors (Lipinski definition) is 1. The number of nitrogens with zero attached hydrogens (tertiary/aromatic N) is 3. The van der Waals surface area contributed by atoms with Gasteiger partial charge in [0.15, 0.2) is 5.65 Å². The van der Waals surface area contributed by atoms with Gasteiger partial charge in [-0.15, -0.1) is 0 Å². The Morgan fingerprint density at radius 1 is 1.03 bits per heavy atom. The molecule has 3 heterocycles. The molecule has 1 fully saturated rings. The van der Waals surface area contributed by atoms with E-state index in [-0.39, 0.29) is 11.6 Å². The Balaban J connectivity index is 1.89. The standard InChI is InChI=1S/C28H28ClFN4O/c1-3-17-8-7-9-18(4-2)26(17)34-27-21(24(33-28(34)35)19-12-14-31-15-13-19)16-22(29)25(32-27)20-10-5-6-11-23(20)30/h5-11,16,19,31H,3-4,12-15H2,1-2H3. The maximum Gasteiger partial charge on any atom is 0.354 e. The molecule has 7 heteroatoms. The Kier molecular flexibility index (Phi) is 6.67. The van der Waals surface area contributed by atoms with Gasteiger partial charge in [-0.3, -0.25) is 0 Å². The van der Waals surface area contributed by atoms with Crippen molar-refractivity contribution in [3.8, 4) is 16.9 Å². The van der Waals surface area contributed by atoms with Crippen molar-refractivity contribution in [3.63, 3.8) is 0 Å². The molecular weight excluding hydrogens is 463 g/mol. The molecule has 2 aromatic heterocycles. The van der Waals surface area contributed by atoms with E-state index >= 15 is 0 Å². The largest absolute Gasteiger partial charge is 0.354 e. The van der Waals surface area contributed by atoms with Gasteiger partial charge in [-0.05, 0) is 68.1 Å². The molecule has 5 nitrogen and oxygen atoms in total. The van der Waals surface area contributed by atoms with Crippen molar-refractivity contribution >= 4 is 22.6 Å². The minimum Gasteiger partial charge on any atom is -0.317 e. The fraction of sp³-hybridized carbons (Fsp3) is 0.321. The summed E-state index contributed by atoms with van der Waals surface area (Å²) in [5.41, 5.74) is 4.34. The fourth-order valence-corrected chi connectivity index (χ4v) is 5.35. The highest BCUT2D eigenvalue weighted by molar-refractivity contribution is 6.33. The molecule has 0 aliphatic carbocycles. The second kappa shape index (κ2) is 9.88. The van der Waals surface area contributed by atoms with Gasteiger partial charge in [0, 0.05) is 16.9 Å². The van der Waals surface area contributed by atoms with Gasteiger partial charge in [0.2, 0.25) is 0 Å². The van der Waals surface area contributed by atoms with Crippen LogP contribution in [0.4, 0.5) is 4.39 Å². The third-order valence-electron chi connectivity index (χ3n) is 6.89. The highest BCUT2D eigenvalue weighted by atomic mass is 35.5. The Bertz CT molecular complexity index is 1440. The summed E-state index contributed by atoms with van der Waals surface area (Å²) in [5, 5.41) is 4.45. The second-order valence-electron chi connectivity index (χ2n) is 8.94. The Morgan fingerprint density at radius 3 is 2.37 bits per heavy atom. The van der Waals surface area contributed by atoms with Crippen molar-refractivity contribution in [1.82, 2.24) is 19.9 Å². The van der Waals surface area contributed by atoms with E-state index in [2.05, 4.69) is 24.1 Å². The molecule has 35 heavy (non-hydrogen) atoms. The third-order valence-corrected chi connectivity index (χ3v) is 7.18. The molecule has 0 atom stereocenters. The third kappa shape index (κ3) is 4.26. The van der Waals surface area contributed by atoms with E-state index in [1.54, 1.807) is 22.8 Å². The van der Waals surface area contributed by atoms with Crippen LogP contribution >= 0.6 is 11.6 Å². The van der Waals surface area contributed by atoms with Crippen molar-refractivity contribution in [3.05, 3.63) is 86.7 Å². The number of piperidine rings is 1. The topological polar surface area (TPSA) is 59.8 Å². The molecule has 5 rings (SSSR count). The summed E-state index contributed by atoms with van der Waals surface area (Å²) in [7, 11) is 0. The summed E-state index contributed by atoms with van der Waals surface area (Å²) in [6.07, 6.45) is 3.26. The molecule has 2 aromatic carbocycles. The van der Waals surface area contributed by atoms with Crippen LogP contribution in [0.15, 0.2) is 53.3 Å². The van der Waals surface area contributed by atoms with E-state index < -0.39 is 5.82 Å². The van der Waals surface area contributed by atoms with E-state index in [9.17, 15) is 9.18 Å². The summed E-state index contributed by atoms with van der Waals surface area (Å²) in [6, 6.07) is 14.3. The lowest BCUT2D eigenvalue weighted by Gasteiger charge is -2.25. The van der Waals surface area contributed by atoms with Crippen LogP contribution in [0, 0.1) is 5.82 Å². The van der Waals surface area contributed by atoms with Crippen LogP contribution in [0.25, 0.3) is 28.0 Å². The number of rotatable bonds is 5. The Hall–Kier alpha value is -3.09. The van der Waals surface area contributed by atoms with Crippen LogP contribution in [0.5, 0.6) is 0 Å². The molecule has 0 amide bonds. The number of fused-ring (bicyclic) bond motifs is 1. The van der Waals surface area contributed by atoms with Gasteiger partial charge < -0.3 is 5.32 Å². The first kappa shape index (κ1) is 23.6. The first-order valence-corrected chi connectivity index (χ1v) is 12.6. The van der Waals surface area contributed by atoms with E-state index in [1.165, 1.54) is 6.07 Å². The molecule has 0 saturated carbocycles. The SMILES string of the molecule is CCc1cccc(CC)c1-n1c(=O)nc(C2CCNCC2)c2cc(Cl)c(-c3ccccc3F)nc21. The van der Waals surface area contributed by atoms with E-state index in [0.29, 0.717) is 21.9 Å². The highest BCUT2D eigenvalue weighted by Gasteiger charge is 2.25.